The van der Waals surface area contributed by atoms with Crippen LogP contribution in [-0.4, -0.2) is 58.8 Å². The fourth-order valence-electron chi connectivity index (χ4n) is 6.23. The van der Waals surface area contributed by atoms with Crippen molar-refractivity contribution < 1.29 is 19.1 Å². The second-order valence-electron chi connectivity index (χ2n) is 11.2. The van der Waals surface area contributed by atoms with E-state index in [0.717, 1.165) is 31.6 Å². The summed E-state index contributed by atoms with van der Waals surface area (Å²) in [6, 6.07) is 26.3. The average molecular weight is 553 g/mol. The SMILES string of the molecule is C[C@@H](c1ccccc1)N1CC[C@H](NCc2ccccc2)[C@@H](Oc2ccc3c(c2)CN(C2CCC(=O)NC2=O)C3=O)C1. The molecule has 0 aromatic heterocycles. The van der Waals surface area contributed by atoms with E-state index in [4.69, 9.17) is 4.74 Å². The predicted octanol–water partition coefficient (Wildman–Crippen LogP) is 3.82. The van der Waals surface area contributed by atoms with Gasteiger partial charge in [-0.1, -0.05) is 60.7 Å². The van der Waals surface area contributed by atoms with Crippen LogP contribution in [0.1, 0.15) is 59.3 Å². The number of nitrogens with one attached hydrogen (secondary N) is 2. The van der Waals surface area contributed by atoms with E-state index in [2.05, 4.69) is 71.0 Å². The fraction of sp³-hybridized carbons (Fsp3) is 0.364. The van der Waals surface area contributed by atoms with Crippen molar-refractivity contribution >= 4 is 17.7 Å². The van der Waals surface area contributed by atoms with Crippen LogP contribution < -0.4 is 15.4 Å². The molecule has 2 fully saturated rings. The Morgan fingerprint density at radius 1 is 0.976 bits per heavy atom. The number of rotatable bonds is 8. The van der Waals surface area contributed by atoms with Gasteiger partial charge in [0.25, 0.3) is 5.91 Å². The lowest BCUT2D eigenvalue weighted by molar-refractivity contribution is -0.136. The molecule has 3 aliphatic heterocycles. The molecule has 3 aromatic carbocycles. The van der Waals surface area contributed by atoms with Crippen LogP contribution in [0.2, 0.25) is 0 Å². The zero-order chi connectivity index (χ0) is 28.3. The van der Waals surface area contributed by atoms with Crippen molar-refractivity contribution in [2.24, 2.45) is 0 Å². The third-order valence-corrected chi connectivity index (χ3v) is 8.61. The van der Waals surface area contributed by atoms with Crippen molar-refractivity contribution in [2.75, 3.05) is 13.1 Å². The summed E-state index contributed by atoms with van der Waals surface area (Å²) in [5.74, 6) is -0.151. The van der Waals surface area contributed by atoms with Crippen molar-refractivity contribution in [1.82, 2.24) is 20.4 Å². The van der Waals surface area contributed by atoms with Gasteiger partial charge in [-0.25, -0.2) is 0 Å². The van der Waals surface area contributed by atoms with E-state index in [9.17, 15) is 14.4 Å². The highest BCUT2D eigenvalue weighted by Gasteiger charge is 2.39. The summed E-state index contributed by atoms with van der Waals surface area (Å²) in [4.78, 5) is 41.3. The minimum atomic E-state index is -0.630. The largest absolute Gasteiger partial charge is 0.487 e. The smallest absolute Gasteiger partial charge is 0.255 e. The molecule has 3 amide bonds. The monoisotopic (exact) mass is 552 g/mol. The Balaban J connectivity index is 1.19. The molecule has 0 bridgehead atoms. The first-order valence-electron chi connectivity index (χ1n) is 14.5. The van der Waals surface area contributed by atoms with Crippen LogP contribution in [0.5, 0.6) is 5.75 Å². The number of benzene rings is 3. The predicted molar refractivity (Wildman–Crippen MR) is 155 cm³/mol. The Kier molecular flexibility index (Phi) is 7.85. The standard InChI is InChI=1S/C33H36N4O4/c1-22(24-10-6-3-7-11-24)36-17-16-28(34-19-23-8-4-2-5-9-23)30(21-36)41-26-12-13-27-25(18-26)20-37(33(27)40)29-14-15-31(38)35-32(29)39/h2-13,18,22,28-30,34H,14-17,19-21H2,1H3,(H,35,38,39)/t22-,28-,29?,30-/m0/s1. The van der Waals surface area contributed by atoms with E-state index in [0.29, 0.717) is 24.3 Å². The average Bonchev–Trinajstić information content (AvgIpc) is 3.32. The summed E-state index contributed by atoms with van der Waals surface area (Å²) in [5, 5.41) is 6.10. The Morgan fingerprint density at radius 2 is 1.73 bits per heavy atom. The number of amides is 3. The molecule has 2 saturated heterocycles. The van der Waals surface area contributed by atoms with Crippen LogP contribution in [0.4, 0.5) is 0 Å². The lowest BCUT2D eigenvalue weighted by Gasteiger charge is -2.41. The maximum Gasteiger partial charge on any atom is 0.255 e. The van der Waals surface area contributed by atoms with Crippen molar-refractivity contribution in [1.29, 1.82) is 0 Å². The molecular formula is C33H36N4O4. The molecule has 3 aliphatic rings. The number of imide groups is 1. The van der Waals surface area contributed by atoms with Gasteiger partial charge in [0.15, 0.2) is 0 Å². The zero-order valence-electron chi connectivity index (χ0n) is 23.3. The summed E-state index contributed by atoms with van der Waals surface area (Å²) < 4.78 is 6.69. The molecule has 0 radical (unpaired) electrons. The lowest BCUT2D eigenvalue weighted by atomic mass is 9.97. The van der Waals surface area contributed by atoms with Gasteiger partial charge in [0, 0.05) is 50.2 Å². The fourth-order valence-corrected chi connectivity index (χ4v) is 6.23. The third kappa shape index (κ3) is 5.89. The van der Waals surface area contributed by atoms with Crippen LogP contribution >= 0.6 is 0 Å². The van der Waals surface area contributed by atoms with Gasteiger partial charge in [-0.05, 0) is 54.7 Å². The Labute approximate surface area is 240 Å². The third-order valence-electron chi connectivity index (χ3n) is 8.61. The number of fused-ring (bicyclic) bond motifs is 1. The molecule has 0 spiro atoms. The molecule has 0 aliphatic carbocycles. The molecule has 0 saturated carbocycles. The molecule has 3 aromatic rings. The van der Waals surface area contributed by atoms with Gasteiger partial charge in [0.05, 0.1) is 0 Å². The topological polar surface area (TPSA) is 91.0 Å². The van der Waals surface area contributed by atoms with Crippen LogP contribution in [0.15, 0.2) is 78.9 Å². The number of likely N-dealkylation sites (tertiary alicyclic amines) is 1. The summed E-state index contributed by atoms with van der Waals surface area (Å²) in [7, 11) is 0. The van der Waals surface area contributed by atoms with Gasteiger partial charge >= 0.3 is 0 Å². The van der Waals surface area contributed by atoms with Gasteiger partial charge in [-0.2, -0.15) is 0 Å². The number of hydrogen-bond acceptors (Lipinski definition) is 6. The second-order valence-corrected chi connectivity index (χ2v) is 11.2. The summed E-state index contributed by atoms with van der Waals surface area (Å²) >= 11 is 0. The highest BCUT2D eigenvalue weighted by Crippen LogP contribution is 2.32. The summed E-state index contributed by atoms with van der Waals surface area (Å²) in [6.45, 7) is 5.06. The Morgan fingerprint density at radius 3 is 2.49 bits per heavy atom. The molecule has 212 valence electrons. The van der Waals surface area contributed by atoms with Crippen LogP contribution in [0.3, 0.4) is 0 Å². The number of carbonyl (C=O) groups is 3. The molecule has 1 unspecified atom stereocenters. The maximum absolute atomic E-state index is 13.2. The van der Waals surface area contributed by atoms with Crippen LogP contribution in [0.25, 0.3) is 0 Å². The van der Waals surface area contributed by atoms with Crippen LogP contribution in [0, 0.1) is 0 Å². The zero-order valence-corrected chi connectivity index (χ0v) is 23.3. The van der Waals surface area contributed by atoms with Crippen LogP contribution in [-0.2, 0) is 22.7 Å². The van der Waals surface area contributed by atoms with Gasteiger partial charge in [-0.15, -0.1) is 0 Å². The van der Waals surface area contributed by atoms with E-state index < -0.39 is 11.9 Å². The normalized spacial score (nSPS) is 23.7. The maximum atomic E-state index is 13.2. The first-order chi connectivity index (χ1) is 20.0. The van der Waals surface area contributed by atoms with Gasteiger partial charge in [0.2, 0.25) is 11.8 Å². The van der Waals surface area contributed by atoms with Gasteiger partial charge < -0.3 is 15.0 Å². The molecule has 2 N–H and O–H groups in total. The van der Waals surface area contributed by atoms with E-state index in [1.807, 2.05) is 24.3 Å². The number of nitrogens with zero attached hydrogens (tertiary/aromatic N) is 2. The number of piperidine rings is 2. The minimum absolute atomic E-state index is 0.0972. The molecular weight excluding hydrogens is 516 g/mol. The lowest BCUT2D eigenvalue weighted by Crippen LogP contribution is -2.55. The molecule has 4 atom stereocenters. The van der Waals surface area contributed by atoms with E-state index in [1.54, 1.807) is 11.0 Å². The van der Waals surface area contributed by atoms with Gasteiger partial charge in [0.1, 0.15) is 17.9 Å². The van der Waals surface area contributed by atoms with E-state index >= 15 is 0 Å². The minimum Gasteiger partial charge on any atom is -0.487 e. The Hall–Kier alpha value is -4.01. The van der Waals surface area contributed by atoms with E-state index in [-0.39, 0.29) is 36.4 Å². The Bertz CT molecular complexity index is 1410. The molecule has 41 heavy (non-hydrogen) atoms. The first-order valence-corrected chi connectivity index (χ1v) is 14.5. The van der Waals surface area contributed by atoms with Crippen molar-refractivity contribution in [3.8, 4) is 5.75 Å². The number of ether oxygens (including phenoxy) is 1. The van der Waals surface area contributed by atoms with Crippen molar-refractivity contribution in [3.05, 3.63) is 101 Å². The number of carbonyl (C=O) groups excluding carboxylic acids is 3. The highest BCUT2D eigenvalue weighted by atomic mass is 16.5. The van der Waals surface area contributed by atoms with Crippen molar-refractivity contribution in [3.63, 3.8) is 0 Å². The molecule has 6 rings (SSSR count). The first kappa shape index (κ1) is 27.2. The van der Waals surface area contributed by atoms with Crippen molar-refractivity contribution in [2.45, 2.75) is 63.5 Å². The van der Waals surface area contributed by atoms with Gasteiger partial charge in [-0.3, -0.25) is 24.6 Å². The summed E-state index contributed by atoms with van der Waals surface area (Å²) in [6.07, 6.45) is 1.43. The molecule has 8 nitrogen and oxygen atoms in total. The molecule has 8 heteroatoms. The van der Waals surface area contributed by atoms with E-state index in [1.165, 1.54) is 11.1 Å². The summed E-state index contributed by atoms with van der Waals surface area (Å²) in [5.41, 5.74) is 3.95. The highest BCUT2D eigenvalue weighted by molar-refractivity contribution is 6.05. The number of hydrogen-bond donors (Lipinski definition) is 2. The second kappa shape index (κ2) is 11.8. The quantitative estimate of drug-likeness (QED) is 0.413. The molecule has 3 heterocycles.